The van der Waals surface area contributed by atoms with E-state index in [0.29, 0.717) is 24.1 Å². The SMILES string of the molecule is COc1ccc(OC)c(Nc2ccnc(NCCc3ccc(Cl)cc3)n2)c1. The van der Waals surface area contributed by atoms with Crippen molar-refractivity contribution in [1.82, 2.24) is 9.97 Å². The van der Waals surface area contributed by atoms with Crippen molar-refractivity contribution in [2.24, 2.45) is 0 Å². The first-order chi connectivity index (χ1) is 13.2. The van der Waals surface area contributed by atoms with E-state index < -0.39 is 0 Å². The molecular formula is C20H21ClN4O2. The number of aromatic nitrogens is 2. The van der Waals surface area contributed by atoms with Gasteiger partial charge in [0.15, 0.2) is 0 Å². The van der Waals surface area contributed by atoms with Crippen LogP contribution in [-0.4, -0.2) is 30.7 Å². The number of ether oxygens (including phenoxy) is 2. The van der Waals surface area contributed by atoms with Crippen LogP contribution in [0.2, 0.25) is 5.02 Å². The minimum absolute atomic E-state index is 0.552. The third-order valence-corrected chi connectivity index (χ3v) is 4.19. The van der Waals surface area contributed by atoms with Crippen molar-refractivity contribution in [3.8, 4) is 11.5 Å². The highest BCUT2D eigenvalue weighted by Gasteiger charge is 2.07. The highest BCUT2D eigenvalue weighted by molar-refractivity contribution is 6.30. The van der Waals surface area contributed by atoms with E-state index in [0.717, 1.165) is 22.9 Å². The van der Waals surface area contributed by atoms with Gasteiger partial charge in [-0.1, -0.05) is 23.7 Å². The van der Waals surface area contributed by atoms with Crippen molar-refractivity contribution in [1.29, 1.82) is 0 Å². The van der Waals surface area contributed by atoms with Gasteiger partial charge < -0.3 is 20.1 Å². The molecule has 0 aliphatic heterocycles. The van der Waals surface area contributed by atoms with Gasteiger partial charge in [-0.15, -0.1) is 0 Å². The Hall–Kier alpha value is -2.99. The largest absolute Gasteiger partial charge is 0.497 e. The number of hydrogen-bond donors (Lipinski definition) is 2. The van der Waals surface area contributed by atoms with Crippen LogP contribution in [0.4, 0.5) is 17.5 Å². The topological polar surface area (TPSA) is 68.3 Å². The number of methoxy groups -OCH3 is 2. The van der Waals surface area contributed by atoms with Crippen LogP contribution < -0.4 is 20.1 Å². The highest BCUT2D eigenvalue weighted by atomic mass is 35.5. The van der Waals surface area contributed by atoms with E-state index in [1.165, 1.54) is 5.56 Å². The van der Waals surface area contributed by atoms with Crippen LogP contribution in [-0.2, 0) is 6.42 Å². The minimum Gasteiger partial charge on any atom is -0.497 e. The van der Waals surface area contributed by atoms with E-state index in [1.54, 1.807) is 26.5 Å². The molecule has 0 saturated heterocycles. The van der Waals surface area contributed by atoms with Crippen LogP contribution in [0.25, 0.3) is 0 Å². The average Bonchev–Trinajstić information content (AvgIpc) is 2.70. The number of anilines is 3. The third kappa shape index (κ3) is 5.24. The van der Waals surface area contributed by atoms with Gasteiger partial charge in [-0.2, -0.15) is 4.98 Å². The summed E-state index contributed by atoms with van der Waals surface area (Å²) in [5.41, 5.74) is 1.96. The summed E-state index contributed by atoms with van der Waals surface area (Å²) in [4.78, 5) is 8.76. The molecule has 7 heteroatoms. The van der Waals surface area contributed by atoms with Gasteiger partial charge in [0.25, 0.3) is 0 Å². The average molecular weight is 385 g/mol. The molecule has 2 N–H and O–H groups in total. The van der Waals surface area contributed by atoms with Gasteiger partial charge in [-0.05, 0) is 42.3 Å². The third-order valence-electron chi connectivity index (χ3n) is 3.94. The lowest BCUT2D eigenvalue weighted by Gasteiger charge is -2.13. The van der Waals surface area contributed by atoms with Crippen molar-refractivity contribution < 1.29 is 9.47 Å². The smallest absolute Gasteiger partial charge is 0.224 e. The Labute approximate surface area is 163 Å². The Morgan fingerprint density at radius 1 is 1.00 bits per heavy atom. The predicted octanol–water partition coefficient (Wildman–Crippen LogP) is 4.55. The Morgan fingerprint density at radius 3 is 2.56 bits per heavy atom. The van der Waals surface area contributed by atoms with E-state index in [4.69, 9.17) is 21.1 Å². The molecule has 27 heavy (non-hydrogen) atoms. The zero-order chi connectivity index (χ0) is 19.1. The maximum absolute atomic E-state index is 5.91. The molecule has 0 aliphatic rings. The molecule has 0 fully saturated rings. The Balaban J connectivity index is 1.64. The lowest BCUT2D eigenvalue weighted by Crippen LogP contribution is -2.08. The maximum atomic E-state index is 5.91. The molecule has 0 saturated carbocycles. The second kappa shape index (κ2) is 9.09. The molecule has 6 nitrogen and oxygen atoms in total. The van der Waals surface area contributed by atoms with E-state index in [9.17, 15) is 0 Å². The molecule has 0 bridgehead atoms. The summed E-state index contributed by atoms with van der Waals surface area (Å²) in [5, 5.41) is 7.21. The van der Waals surface area contributed by atoms with Gasteiger partial charge in [-0.25, -0.2) is 4.98 Å². The number of nitrogens with one attached hydrogen (secondary N) is 2. The number of rotatable bonds is 8. The molecule has 0 radical (unpaired) electrons. The van der Waals surface area contributed by atoms with E-state index in [1.807, 2.05) is 42.5 Å². The van der Waals surface area contributed by atoms with E-state index >= 15 is 0 Å². The predicted molar refractivity (Wildman–Crippen MR) is 109 cm³/mol. The van der Waals surface area contributed by atoms with Gasteiger partial charge in [0, 0.05) is 23.8 Å². The summed E-state index contributed by atoms with van der Waals surface area (Å²) in [5.74, 6) is 2.64. The Kier molecular flexibility index (Phi) is 6.33. The fourth-order valence-electron chi connectivity index (χ4n) is 2.53. The van der Waals surface area contributed by atoms with Crippen LogP contribution in [0, 0.1) is 0 Å². The monoisotopic (exact) mass is 384 g/mol. The molecule has 3 aromatic rings. The molecule has 0 aliphatic carbocycles. The van der Waals surface area contributed by atoms with E-state index in [2.05, 4.69) is 20.6 Å². The summed E-state index contributed by atoms with van der Waals surface area (Å²) < 4.78 is 10.7. The molecule has 2 aromatic carbocycles. The Morgan fingerprint density at radius 2 is 1.81 bits per heavy atom. The number of nitrogens with zero attached hydrogens (tertiary/aromatic N) is 2. The van der Waals surface area contributed by atoms with Gasteiger partial charge in [-0.3, -0.25) is 0 Å². The second-order valence-corrected chi connectivity index (χ2v) is 6.20. The van der Waals surface area contributed by atoms with Crippen LogP contribution in [0.15, 0.2) is 54.7 Å². The van der Waals surface area contributed by atoms with Gasteiger partial charge in [0.2, 0.25) is 5.95 Å². The quantitative estimate of drug-likeness (QED) is 0.594. The second-order valence-electron chi connectivity index (χ2n) is 5.76. The standard InChI is InChI=1S/C20H21ClN4O2/c1-26-16-7-8-18(27-2)17(13-16)24-19-10-12-23-20(25-19)22-11-9-14-3-5-15(21)6-4-14/h3-8,10,12-13H,9,11H2,1-2H3,(H2,22,23,24,25). The first-order valence-electron chi connectivity index (χ1n) is 8.48. The lowest BCUT2D eigenvalue weighted by molar-refractivity contribution is 0.405. The summed E-state index contributed by atoms with van der Waals surface area (Å²) in [6.07, 6.45) is 2.55. The first-order valence-corrected chi connectivity index (χ1v) is 8.86. The molecule has 3 rings (SSSR count). The molecule has 0 spiro atoms. The molecule has 140 valence electrons. The molecule has 0 unspecified atom stereocenters. The van der Waals surface area contributed by atoms with Crippen LogP contribution in [0.5, 0.6) is 11.5 Å². The number of benzene rings is 2. The highest BCUT2D eigenvalue weighted by Crippen LogP contribution is 2.31. The Bertz CT molecular complexity index is 887. The van der Waals surface area contributed by atoms with Crippen molar-refractivity contribution in [2.45, 2.75) is 6.42 Å². The zero-order valence-corrected chi connectivity index (χ0v) is 16.0. The van der Waals surface area contributed by atoms with Gasteiger partial charge in [0.1, 0.15) is 17.3 Å². The van der Waals surface area contributed by atoms with Crippen LogP contribution >= 0.6 is 11.6 Å². The van der Waals surface area contributed by atoms with Crippen molar-refractivity contribution in [3.05, 3.63) is 65.3 Å². The van der Waals surface area contributed by atoms with Crippen LogP contribution in [0.1, 0.15) is 5.56 Å². The van der Waals surface area contributed by atoms with Crippen molar-refractivity contribution >= 4 is 29.1 Å². The fourth-order valence-corrected chi connectivity index (χ4v) is 2.66. The van der Waals surface area contributed by atoms with E-state index in [-0.39, 0.29) is 0 Å². The lowest BCUT2D eigenvalue weighted by atomic mass is 10.1. The van der Waals surface area contributed by atoms with Crippen molar-refractivity contribution in [3.63, 3.8) is 0 Å². The van der Waals surface area contributed by atoms with Crippen LogP contribution in [0.3, 0.4) is 0 Å². The molecule has 0 atom stereocenters. The molecular weight excluding hydrogens is 364 g/mol. The van der Waals surface area contributed by atoms with Gasteiger partial charge >= 0.3 is 0 Å². The summed E-state index contributed by atoms with van der Waals surface area (Å²) in [7, 11) is 3.25. The summed E-state index contributed by atoms with van der Waals surface area (Å²) >= 11 is 5.91. The zero-order valence-electron chi connectivity index (χ0n) is 15.2. The number of halogens is 1. The fraction of sp³-hybridized carbons (Fsp3) is 0.200. The summed E-state index contributed by atoms with van der Waals surface area (Å²) in [6, 6.07) is 15.1. The summed E-state index contributed by atoms with van der Waals surface area (Å²) in [6.45, 7) is 0.716. The molecule has 0 amide bonds. The molecule has 1 heterocycles. The van der Waals surface area contributed by atoms with Crippen molar-refractivity contribution in [2.75, 3.05) is 31.4 Å². The number of hydrogen-bond acceptors (Lipinski definition) is 6. The molecule has 1 aromatic heterocycles. The first kappa shape index (κ1) is 18.8. The maximum Gasteiger partial charge on any atom is 0.224 e. The minimum atomic E-state index is 0.552. The van der Waals surface area contributed by atoms with Gasteiger partial charge in [0.05, 0.1) is 19.9 Å². The normalized spacial score (nSPS) is 10.3.